The summed E-state index contributed by atoms with van der Waals surface area (Å²) in [5, 5.41) is 5.94. The fourth-order valence-electron chi connectivity index (χ4n) is 3.59. The highest BCUT2D eigenvalue weighted by molar-refractivity contribution is 7.14. The fourth-order valence-corrected chi connectivity index (χ4v) is 4.43. The predicted octanol–water partition coefficient (Wildman–Crippen LogP) is 3.95. The summed E-state index contributed by atoms with van der Waals surface area (Å²) < 4.78 is 5.91. The van der Waals surface area contributed by atoms with E-state index in [1.807, 2.05) is 31.2 Å². The van der Waals surface area contributed by atoms with Gasteiger partial charge in [0.15, 0.2) is 0 Å². The number of carbonyl (C=O) groups excluding carboxylic acids is 2. The third-order valence-electron chi connectivity index (χ3n) is 5.61. The number of allylic oxidation sites excluding steroid dienone is 2. The molecule has 1 aliphatic rings. The maximum atomic E-state index is 11.6. The first-order valence-corrected chi connectivity index (χ1v) is 11.5. The number of hydrogen-bond acceptors (Lipinski definition) is 6. The van der Waals surface area contributed by atoms with Crippen molar-refractivity contribution >= 4 is 29.7 Å². The molecule has 1 fully saturated rings. The Morgan fingerprint density at radius 2 is 2.03 bits per heavy atom. The third kappa shape index (κ3) is 6.27. The number of hydrogen-bond donors (Lipinski definition) is 2. The minimum Gasteiger partial charge on any atom is -0.431 e. The van der Waals surface area contributed by atoms with Crippen LogP contribution in [0.2, 0.25) is 0 Å². The van der Waals surface area contributed by atoms with Crippen LogP contribution in [0, 0.1) is 6.92 Å². The van der Waals surface area contributed by atoms with E-state index < -0.39 is 5.54 Å². The van der Waals surface area contributed by atoms with Crippen molar-refractivity contribution in [3.63, 3.8) is 0 Å². The smallest absolute Gasteiger partial charge is 0.315 e. The van der Waals surface area contributed by atoms with Crippen LogP contribution in [0.25, 0.3) is 6.08 Å². The average molecular weight is 455 g/mol. The fraction of sp³-hybridized carbons (Fsp3) is 0.375. The Hall–Kier alpha value is -2.97. The summed E-state index contributed by atoms with van der Waals surface area (Å²) in [5.74, 6) is 0.760. The number of nitrogens with zero attached hydrogens (tertiary/aromatic N) is 2. The lowest BCUT2D eigenvalue weighted by molar-refractivity contribution is -0.114. The number of benzene rings is 1. The van der Waals surface area contributed by atoms with E-state index in [-0.39, 0.29) is 6.03 Å². The Morgan fingerprint density at radius 3 is 2.66 bits per heavy atom. The summed E-state index contributed by atoms with van der Waals surface area (Å²) >= 11 is 1.50. The summed E-state index contributed by atoms with van der Waals surface area (Å²) in [6, 6.07) is 7.76. The first-order chi connectivity index (χ1) is 15.5. The van der Waals surface area contributed by atoms with Crippen molar-refractivity contribution in [2.75, 3.05) is 26.7 Å². The monoisotopic (exact) mass is 454 g/mol. The summed E-state index contributed by atoms with van der Waals surface area (Å²) in [5.41, 5.74) is 1.40. The predicted molar refractivity (Wildman–Crippen MR) is 128 cm³/mol. The molecule has 2 amide bonds. The molecule has 1 saturated heterocycles. The lowest BCUT2D eigenvalue weighted by Crippen LogP contribution is -2.58. The molecule has 2 aromatic rings. The highest BCUT2D eigenvalue weighted by atomic mass is 32.1. The van der Waals surface area contributed by atoms with Crippen molar-refractivity contribution in [1.82, 2.24) is 20.5 Å². The largest absolute Gasteiger partial charge is 0.431 e. The van der Waals surface area contributed by atoms with E-state index in [1.165, 1.54) is 16.9 Å². The Labute approximate surface area is 193 Å². The molecule has 0 unspecified atom stereocenters. The number of amides is 2. The Balaban J connectivity index is 1.48. The molecule has 0 bridgehead atoms. The normalized spacial score (nSPS) is 15.9. The number of aryl methyl sites for hydroxylation is 1. The van der Waals surface area contributed by atoms with Gasteiger partial charge in [-0.15, -0.1) is 0 Å². The van der Waals surface area contributed by atoms with E-state index in [0.29, 0.717) is 18.0 Å². The molecule has 3 rings (SSSR count). The molecule has 170 valence electrons. The van der Waals surface area contributed by atoms with E-state index in [1.54, 1.807) is 13.1 Å². The van der Waals surface area contributed by atoms with Crippen LogP contribution in [0.15, 0.2) is 43.0 Å². The Morgan fingerprint density at radius 1 is 1.31 bits per heavy atom. The number of aldehydes is 1. The minimum atomic E-state index is -0.759. The number of nitrogens with one attached hydrogen (secondary N) is 2. The third-order valence-corrected chi connectivity index (χ3v) is 6.61. The van der Waals surface area contributed by atoms with Crippen molar-refractivity contribution in [1.29, 1.82) is 0 Å². The van der Waals surface area contributed by atoms with E-state index >= 15 is 0 Å². The van der Waals surface area contributed by atoms with Gasteiger partial charge in [-0.2, -0.15) is 0 Å². The molecule has 0 radical (unpaired) electrons. The van der Waals surface area contributed by atoms with Gasteiger partial charge in [-0.05, 0) is 50.0 Å². The molecule has 32 heavy (non-hydrogen) atoms. The summed E-state index contributed by atoms with van der Waals surface area (Å²) in [7, 11) is 1.55. The second-order valence-corrected chi connectivity index (χ2v) is 8.83. The summed E-state index contributed by atoms with van der Waals surface area (Å²) in [4.78, 5) is 31.0. The van der Waals surface area contributed by atoms with Crippen LogP contribution in [-0.4, -0.2) is 54.4 Å². The molecule has 2 heterocycles. The Kier molecular flexibility index (Phi) is 8.19. The van der Waals surface area contributed by atoms with Gasteiger partial charge in [0.1, 0.15) is 12.0 Å². The number of likely N-dealkylation sites (tertiary alicyclic amines) is 1. The van der Waals surface area contributed by atoms with Crippen molar-refractivity contribution < 1.29 is 14.3 Å². The molecule has 0 spiro atoms. The van der Waals surface area contributed by atoms with Crippen LogP contribution in [-0.2, 0) is 11.2 Å². The van der Waals surface area contributed by atoms with Crippen LogP contribution in [0.3, 0.4) is 0 Å². The second kappa shape index (κ2) is 11.1. The van der Waals surface area contributed by atoms with E-state index in [2.05, 4.69) is 39.2 Å². The Bertz CT molecular complexity index is 960. The number of ether oxygens (including phenoxy) is 1. The number of carbonyl (C=O) groups is 2. The van der Waals surface area contributed by atoms with Gasteiger partial charge >= 0.3 is 6.03 Å². The van der Waals surface area contributed by atoms with Crippen LogP contribution < -0.4 is 15.4 Å². The zero-order chi connectivity index (χ0) is 23.0. The molecule has 1 aromatic carbocycles. The number of thiazole rings is 1. The first kappa shape index (κ1) is 23.7. The molecule has 1 aliphatic heterocycles. The summed E-state index contributed by atoms with van der Waals surface area (Å²) in [6.45, 7) is 8.10. The lowest BCUT2D eigenvalue weighted by atomic mass is 9.89. The zero-order valence-corrected chi connectivity index (χ0v) is 19.4. The van der Waals surface area contributed by atoms with Gasteiger partial charge in [-0.3, -0.25) is 0 Å². The van der Waals surface area contributed by atoms with Gasteiger partial charge in [0, 0.05) is 26.7 Å². The zero-order valence-electron chi connectivity index (χ0n) is 18.6. The van der Waals surface area contributed by atoms with Gasteiger partial charge in [-0.25, -0.2) is 9.78 Å². The topological polar surface area (TPSA) is 83.6 Å². The van der Waals surface area contributed by atoms with Crippen molar-refractivity contribution in [3.05, 3.63) is 59.1 Å². The van der Waals surface area contributed by atoms with Gasteiger partial charge in [0.2, 0.25) is 0 Å². The van der Waals surface area contributed by atoms with Crippen molar-refractivity contribution in [3.8, 4) is 10.9 Å². The maximum absolute atomic E-state index is 11.6. The number of piperidine rings is 1. The van der Waals surface area contributed by atoms with Crippen molar-refractivity contribution in [2.24, 2.45) is 0 Å². The highest BCUT2D eigenvalue weighted by Gasteiger charge is 2.35. The lowest BCUT2D eigenvalue weighted by Gasteiger charge is -2.38. The van der Waals surface area contributed by atoms with E-state index in [0.717, 1.165) is 48.7 Å². The molecule has 7 nitrogen and oxygen atoms in total. The van der Waals surface area contributed by atoms with Gasteiger partial charge in [-0.1, -0.05) is 42.2 Å². The van der Waals surface area contributed by atoms with Gasteiger partial charge in [0.25, 0.3) is 5.19 Å². The van der Waals surface area contributed by atoms with E-state index in [9.17, 15) is 9.59 Å². The van der Waals surface area contributed by atoms with Crippen LogP contribution in [0.5, 0.6) is 10.9 Å². The van der Waals surface area contributed by atoms with Crippen LogP contribution in [0.4, 0.5) is 4.79 Å². The molecule has 2 N–H and O–H groups in total. The highest BCUT2D eigenvalue weighted by Crippen LogP contribution is 2.30. The molecule has 8 heteroatoms. The van der Waals surface area contributed by atoms with Crippen LogP contribution >= 0.6 is 11.3 Å². The number of urea groups is 1. The second-order valence-electron chi connectivity index (χ2n) is 7.84. The number of rotatable bonds is 9. The molecule has 1 aromatic heterocycles. The molecule has 0 saturated carbocycles. The van der Waals surface area contributed by atoms with E-state index in [4.69, 9.17) is 4.74 Å². The summed E-state index contributed by atoms with van der Waals surface area (Å²) in [6.07, 6.45) is 8.62. The standard InChI is InChI=1S/C24H30N4O3S/c1-4-5-6-21-18(2)26-23(32-21)31-20-9-7-19(8-10-20)11-14-28-15-12-24(17-29,13-16-28)27-22(30)25-3/h4-10,17H,1,11-16H2,2-3H3,(H2,25,27,30)/b6-5-. The van der Waals surface area contributed by atoms with Gasteiger partial charge in [0.05, 0.1) is 16.1 Å². The molecular weight excluding hydrogens is 424 g/mol. The van der Waals surface area contributed by atoms with Gasteiger partial charge < -0.3 is 25.1 Å². The van der Waals surface area contributed by atoms with Crippen molar-refractivity contribution in [2.45, 2.75) is 31.7 Å². The quantitative estimate of drug-likeness (QED) is 0.443. The minimum absolute atomic E-state index is 0.315. The average Bonchev–Trinajstić information content (AvgIpc) is 3.16. The first-order valence-electron chi connectivity index (χ1n) is 10.7. The SMILES string of the molecule is C=C/C=C\c1sc(Oc2ccc(CCN3CCC(C=O)(NC(=O)NC)CC3)cc2)nc1C. The maximum Gasteiger partial charge on any atom is 0.315 e. The van der Waals surface area contributed by atoms with Crippen LogP contribution in [0.1, 0.15) is 29.0 Å². The molecular formula is C24H30N4O3S. The molecule has 0 aliphatic carbocycles. The number of aromatic nitrogens is 1. The molecule has 0 atom stereocenters.